The summed E-state index contributed by atoms with van der Waals surface area (Å²) in [5.74, 6) is -1.57. The first kappa shape index (κ1) is 29.4. The summed E-state index contributed by atoms with van der Waals surface area (Å²) in [4.78, 5) is 36.8. The van der Waals surface area contributed by atoms with Gasteiger partial charge in [-0.15, -0.1) is 0 Å². The summed E-state index contributed by atoms with van der Waals surface area (Å²) >= 11 is 2.02. The zero-order valence-corrected chi connectivity index (χ0v) is 23.3. The number of carbonyl (C=O) groups is 3. The molecule has 0 fully saturated rings. The second-order valence-corrected chi connectivity index (χ2v) is 8.85. The van der Waals surface area contributed by atoms with E-state index >= 15 is 0 Å². The van der Waals surface area contributed by atoms with E-state index in [2.05, 4.69) is 21.2 Å². The minimum Gasteiger partial charge on any atom is -0.492 e. The molecule has 0 heterocycles. The van der Waals surface area contributed by atoms with Crippen LogP contribution in [0.3, 0.4) is 0 Å². The highest BCUT2D eigenvalue weighted by Gasteiger charge is 2.16. The van der Waals surface area contributed by atoms with Crippen molar-refractivity contribution in [2.75, 3.05) is 30.5 Å². The molecule has 0 unspecified atom stereocenters. The molecule has 0 radical (unpaired) electrons. The molecule has 0 aliphatic rings. The van der Waals surface area contributed by atoms with Gasteiger partial charge in [0.25, 0.3) is 5.91 Å². The molecular weight excluding hydrogens is 622 g/mol. The summed E-state index contributed by atoms with van der Waals surface area (Å²) < 4.78 is 30.5. The number of halogens is 2. The molecule has 0 atom stereocenters. The molecule has 3 rings (SSSR count). The topological polar surface area (TPSA) is 127 Å². The van der Waals surface area contributed by atoms with Crippen LogP contribution >= 0.6 is 22.6 Å². The van der Waals surface area contributed by atoms with Crippen molar-refractivity contribution in [3.05, 3.63) is 75.6 Å². The quantitative estimate of drug-likeness (QED) is 0.123. The van der Waals surface area contributed by atoms with Crippen molar-refractivity contribution in [3.63, 3.8) is 0 Å². The first-order valence-corrected chi connectivity index (χ1v) is 12.9. The van der Waals surface area contributed by atoms with E-state index in [-0.39, 0.29) is 6.61 Å². The van der Waals surface area contributed by atoms with Crippen molar-refractivity contribution in [3.8, 4) is 17.2 Å². The Morgan fingerprint density at radius 2 is 1.59 bits per heavy atom. The van der Waals surface area contributed by atoms with Crippen LogP contribution in [0.4, 0.5) is 15.8 Å². The van der Waals surface area contributed by atoms with E-state index < -0.39 is 23.5 Å². The fourth-order valence-electron chi connectivity index (χ4n) is 3.18. The van der Waals surface area contributed by atoms with E-state index in [9.17, 15) is 18.8 Å². The highest BCUT2D eigenvalue weighted by molar-refractivity contribution is 14.1. The van der Waals surface area contributed by atoms with Crippen LogP contribution in [0.25, 0.3) is 0 Å². The third-order valence-electron chi connectivity index (χ3n) is 4.83. The summed E-state index contributed by atoms with van der Waals surface area (Å²) in [6, 6.07) is 15.4. The van der Waals surface area contributed by atoms with E-state index in [0.29, 0.717) is 51.0 Å². The van der Waals surface area contributed by atoms with Crippen molar-refractivity contribution in [2.45, 2.75) is 13.8 Å². The summed E-state index contributed by atoms with van der Waals surface area (Å²) in [5.41, 5.74) is 3.53. The summed E-state index contributed by atoms with van der Waals surface area (Å²) in [6.45, 7) is 4.03. The largest absolute Gasteiger partial charge is 0.492 e. The van der Waals surface area contributed by atoms with E-state index in [4.69, 9.17) is 14.2 Å². The van der Waals surface area contributed by atoms with Gasteiger partial charge in [0.1, 0.15) is 11.6 Å². The smallest absolute Gasteiger partial charge is 0.329 e. The highest BCUT2D eigenvalue weighted by atomic mass is 127. The Labute approximate surface area is 238 Å². The molecule has 3 amide bonds. The van der Waals surface area contributed by atoms with E-state index in [1.807, 2.05) is 29.5 Å². The number of benzene rings is 3. The lowest BCUT2D eigenvalue weighted by Crippen LogP contribution is -2.32. The Bertz CT molecular complexity index is 1350. The number of para-hydroxylation sites is 2. The molecule has 0 aliphatic carbocycles. The first-order chi connectivity index (χ1) is 18.8. The Balaban J connectivity index is 1.61. The van der Waals surface area contributed by atoms with Crippen molar-refractivity contribution in [2.24, 2.45) is 5.10 Å². The third-order valence-corrected chi connectivity index (χ3v) is 5.63. The van der Waals surface area contributed by atoms with Crippen molar-refractivity contribution in [1.29, 1.82) is 0 Å². The van der Waals surface area contributed by atoms with Gasteiger partial charge < -0.3 is 24.8 Å². The minimum absolute atomic E-state index is 0.307. The average Bonchev–Trinajstić information content (AvgIpc) is 2.91. The second kappa shape index (κ2) is 14.7. The third kappa shape index (κ3) is 8.95. The van der Waals surface area contributed by atoms with Gasteiger partial charge in [0.05, 0.1) is 28.7 Å². The molecule has 204 valence electrons. The van der Waals surface area contributed by atoms with Gasteiger partial charge in [-0.3, -0.25) is 14.4 Å². The van der Waals surface area contributed by atoms with Gasteiger partial charge in [-0.2, -0.15) is 5.10 Å². The lowest BCUT2D eigenvalue weighted by atomic mass is 10.2. The van der Waals surface area contributed by atoms with Crippen molar-refractivity contribution < 1.29 is 33.0 Å². The number of nitrogens with zero attached hydrogens (tertiary/aromatic N) is 1. The van der Waals surface area contributed by atoms with Crippen LogP contribution in [-0.4, -0.2) is 43.8 Å². The predicted molar refractivity (Wildman–Crippen MR) is 153 cm³/mol. The van der Waals surface area contributed by atoms with E-state index in [1.165, 1.54) is 30.5 Å². The fraction of sp³-hybridized carbons (Fsp3) is 0.185. The maximum absolute atomic E-state index is 13.1. The van der Waals surface area contributed by atoms with Crippen LogP contribution in [-0.2, 0) is 14.4 Å². The number of hydrazone groups is 1. The van der Waals surface area contributed by atoms with Gasteiger partial charge in [-0.05, 0) is 90.5 Å². The maximum Gasteiger partial charge on any atom is 0.329 e. The number of nitrogens with one attached hydrogen (secondary N) is 3. The van der Waals surface area contributed by atoms with Crippen LogP contribution < -0.4 is 30.3 Å². The molecule has 0 bridgehead atoms. The van der Waals surface area contributed by atoms with Crippen molar-refractivity contribution in [1.82, 2.24) is 5.43 Å². The number of hydrogen-bond donors (Lipinski definition) is 3. The number of amides is 3. The summed E-state index contributed by atoms with van der Waals surface area (Å²) in [5, 5.41) is 8.96. The lowest BCUT2D eigenvalue weighted by molar-refractivity contribution is -0.136. The Morgan fingerprint density at radius 3 is 2.31 bits per heavy atom. The van der Waals surface area contributed by atoms with E-state index in [1.54, 1.807) is 43.3 Å². The zero-order valence-electron chi connectivity index (χ0n) is 21.1. The number of rotatable bonds is 11. The van der Waals surface area contributed by atoms with Crippen LogP contribution in [0.15, 0.2) is 65.8 Å². The number of ether oxygens (including phenoxy) is 3. The van der Waals surface area contributed by atoms with Gasteiger partial charge in [-0.1, -0.05) is 12.1 Å². The van der Waals surface area contributed by atoms with Gasteiger partial charge in [0.2, 0.25) is 0 Å². The molecule has 0 saturated carbocycles. The van der Waals surface area contributed by atoms with Gasteiger partial charge in [0, 0.05) is 5.69 Å². The maximum atomic E-state index is 13.1. The average molecular weight is 648 g/mol. The molecule has 12 heteroatoms. The SMILES string of the molecule is CCOc1ccccc1NC(=O)C(=O)N/N=C\c1cc(I)c(OCC(=O)Nc2ccc(F)cc2)c(OCC)c1. The molecule has 0 spiro atoms. The van der Waals surface area contributed by atoms with Gasteiger partial charge in [-0.25, -0.2) is 9.82 Å². The number of anilines is 2. The normalized spacial score (nSPS) is 10.6. The molecule has 39 heavy (non-hydrogen) atoms. The molecule has 0 saturated heterocycles. The molecule has 0 aromatic heterocycles. The van der Waals surface area contributed by atoms with E-state index in [0.717, 1.165) is 0 Å². The Morgan fingerprint density at radius 1 is 0.897 bits per heavy atom. The Kier molecular flexibility index (Phi) is 11.0. The molecule has 0 aliphatic heterocycles. The van der Waals surface area contributed by atoms with Crippen LogP contribution in [0, 0.1) is 9.39 Å². The summed E-state index contributed by atoms with van der Waals surface area (Å²) in [6.07, 6.45) is 1.34. The number of carbonyl (C=O) groups excluding carboxylic acids is 3. The van der Waals surface area contributed by atoms with Crippen molar-refractivity contribution >= 4 is 57.9 Å². The molecule has 10 nitrogen and oxygen atoms in total. The Hall–Kier alpha value is -4.20. The monoisotopic (exact) mass is 648 g/mol. The molecule has 3 aromatic carbocycles. The van der Waals surface area contributed by atoms with Crippen LogP contribution in [0.1, 0.15) is 19.4 Å². The van der Waals surface area contributed by atoms with Crippen LogP contribution in [0.5, 0.6) is 17.2 Å². The first-order valence-electron chi connectivity index (χ1n) is 11.8. The predicted octanol–water partition coefficient (Wildman–Crippen LogP) is 4.33. The fourth-order valence-corrected chi connectivity index (χ4v) is 3.96. The second-order valence-electron chi connectivity index (χ2n) is 7.69. The zero-order chi connectivity index (χ0) is 28.2. The van der Waals surface area contributed by atoms with Gasteiger partial charge >= 0.3 is 11.8 Å². The van der Waals surface area contributed by atoms with Crippen LogP contribution in [0.2, 0.25) is 0 Å². The van der Waals surface area contributed by atoms with Gasteiger partial charge in [0.15, 0.2) is 18.1 Å². The standard InChI is InChI=1S/C27H26FIN4O6/c1-3-37-22-8-6-5-7-21(22)32-26(35)27(36)33-30-15-17-13-20(29)25(23(14-17)38-4-2)39-16-24(34)31-19-11-9-18(28)10-12-19/h5-15H,3-4,16H2,1-2H3,(H,31,34)(H,32,35)(H,33,36)/b30-15-. The lowest BCUT2D eigenvalue weighted by Gasteiger charge is -2.14. The molecule has 3 aromatic rings. The number of hydrogen-bond acceptors (Lipinski definition) is 7. The highest BCUT2D eigenvalue weighted by Crippen LogP contribution is 2.34. The molecule has 3 N–H and O–H groups in total. The molecular formula is C27H26FIN4O6. The minimum atomic E-state index is -0.968. The summed E-state index contributed by atoms with van der Waals surface area (Å²) in [7, 11) is 0.